The van der Waals surface area contributed by atoms with Gasteiger partial charge in [-0.1, -0.05) is 17.7 Å². The Morgan fingerprint density at radius 3 is 2.22 bits per heavy atom. The van der Waals surface area contributed by atoms with Crippen LogP contribution in [0.5, 0.6) is 0 Å². The fourth-order valence-electron chi connectivity index (χ4n) is 2.36. The lowest BCUT2D eigenvalue weighted by Crippen LogP contribution is -2.30. The summed E-state index contributed by atoms with van der Waals surface area (Å²) >= 11 is 0. The molecule has 1 amide bonds. The molecule has 2 N–H and O–H groups in total. The number of sulfonamides is 1. The highest BCUT2D eigenvalue weighted by Crippen LogP contribution is 2.17. The molecular weight excluding hydrogens is 368 g/mol. The monoisotopic (exact) mass is 390 g/mol. The second-order valence-electron chi connectivity index (χ2n) is 6.09. The summed E-state index contributed by atoms with van der Waals surface area (Å²) in [5.41, 5.74) is 2.78. The van der Waals surface area contributed by atoms with Crippen molar-refractivity contribution in [3.63, 3.8) is 0 Å². The first-order valence-corrected chi connectivity index (χ1v) is 9.75. The third-order valence-electron chi connectivity index (χ3n) is 3.96. The average molecular weight is 390 g/mol. The molecule has 2 aromatic rings. The predicted molar refractivity (Wildman–Crippen MR) is 102 cm³/mol. The molecule has 1 unspecified atom stereocenters. The minimum Gasteiger partial charge on any atom is -0.449 e. The number of carbonyl (C=O) groups excluding carboxylic acids is 2. The summed E-state index contributed by atoms with van der Waals surface area (Å²) in [6.07, 6.45) is -1.01. The van der Waals surface area contributed by atoms with E-state index in [4.69, 9.17) is 4.74 Å². The van der Waals surface area contributed by atoms with Crippen molar-refractivity contribution < 1.29 is 22.7 Å². The molecule has 8 heteroatoms. The lowest BCUT2D eigenvalue weighted by Gasteiger charge is -2.15. The van der Waals surface area contributed by atoms with E-state index in [-0.39, 0.29) is 10.5 Å². The number of benzene rings is 2. The maximum Gasteiger partial charge on any atom is 0.338 e. The van der Waals surface area contributed by atoms with E-state index in [0.717, 1.165) is 11.1 Å². The normalized spacial score (nSPS) is 12.3. The number of nitrogens with one attached hydrogen (secondary N) is 2. The maximum atomic E-state index is 12.3. The molecule has 0 bridgehead atoms. The van der Waals surface area contributed by atoms with E-state index in [1.165, 1.54) is 38.2 Å². The van der Waals surface area contributed by atoms with Crippen LogP contribution in [0.2, 0.25) is 0 Å². The number of rotatable bonds is 6. The zero-order valence-corrected chi connectivity index (χ0v) is 16.4. The van der Waals surface area contributed by atoms with Gasteiger partial charge in [0.2, 0.25) is 10.0 Å². The molecule has 0 aliphatic heterocycles. The molecule has 27 heavy (non-hydrogen) atoms. The van der Waals surface area contributed by atoms with Crippen molar-refractivity contribution >= 4 is 27.6 Å². The van der Waals surface area contributed by atoms with Crippen LogP contribution < -0.4 is 10.0 Å². The fraction of sp³-hybridized carbons (Fsp3) is 0.263. The third-order valence-corrected chi connectivity index (χ3v) is 5.39. The highest BCUT2D eigenvalue weighted by molar-refractivity contribution is 7.89. The van der Waals surface area contributed by atoms with Gasteiger partial charge in [-0.3, -0.25) is 4.79 Å². The summed E-state index contributed by atoms with van der Waals surface area (Å²) in [4.78, 5) is 24.5. The molecular formula is C19H22N2O5S. The van der Waals surface area contributed by atoms with Crippen LogP contribution in [0.4, 0.5) is 5.69 Å². The van der Waals surface area contributed by atoms with Crippen LogP contribution >= 0.6 is 0 Å². The lowest BCUT2D eigenvalue weighted by atomic mass is 10.1. The molecule has 0 saturated carbocycles. The van der Waals surface area contributed by atoms with Crippen molar-refractivity contribution in [3.8, 4) is 0 Å². The highest BCUT2D eigenvalue weighted by atomic mass is 32.2. The number of ether oxygens (including phenoxy) is 1. The quantitative estimate of drug-likeness (QED) is 0.738. The van der Waals surface area contributed by atoms with Crippen LogP contribution in [-0.2, 0) is 19.6 Å². The molecule has 0 saturated heterocycles. The van der Waals surface area contributed by atoms with Gasteiger partial charge >= 0.3 is 5.97 Å². The second-order valence-corrected chi connectivity index (χ2v) is 7.97. The van der Waals surface area contributed by atoms with Crippen molar-refractivity contribution in [1.82, 2.24) is 4.72 Å². The number of hydrogen-bond acceptors (Lipinski definition) is 5. The maximum absolute atomic E-state index is 12.3. The van der Waals surface area contributed by atoms with Gasteiger partial charge in [0.05, 0.1) is 10.5 Å². The van der Waals surface area contributed by atoms with Gasteiger partial charge in [0.25, 0.3) is 5.91 Å². The summed E-state index contributed by atoms with van der Waals surface area (Å²) in [5.74, 6) is -1.17. The van der Waals surface area contributed by atoms with Gasteiger partial charge in [0.15, 0.2) is 6.10 Å². The van der Waals surface area contributed by atoms with E-state index in [1.807, 2.05) is 26.0 Å². The summed E-state index contributed by atoms with van der Waals surface area (Å²) in [5, 5.41) is 2.73. The molecule has 0 radical (unpaired) electrons. The summed E-state index contributed by atoms with van der Waals surface area (Å²) < 4.78 is 30.7. The molecule has 2 aromatic carbocycles. The molecule has 0 heterocycles. The largest absolute Gasteiger partial charge is 0.449 e. The van der Waals surface area contributed by atoms with Gasteiger partial charge in [-0.15, -0.1) is 0 Å². The Morgan fingerprint density at radius 2 is 1.67 bits per heavy atom. The van der Waals surface area contributed by atoms with Crippen LogP contribution in [0.25, 0.3) is 0 Å². The SMILES string of the molecule is CNS(=O)(=O)c1ccc(C(=O)OC(C)C(=O)Nc2ccc(C)cc2C)cc1. The topological polar surface area (TPSA) is 102 Å². The molecule has 2 rings (SSSR count). The van der Waals surface area contributed by atoms with Crippen LogP contribution in [0.3, 0.4) is 0 Å². The van der Waals surface area contributed by atoms with E-state index in [9.17, 15) is 18.0 Å². The molecule has 7 nitrogen and oxygen atoms in total. The molecule has 0 spiro atoms. The van der Waals surface area contributed by atoms with Gasteiger partial charge in [-0.25, -0.2) is 17.9 Å². The standard InChI is InChI=1S/C19H22N2O5S/c1-12-5-10-17(13(2)11-12)21-18(22)14(3)26-19(23)15-6-8-16(9-7-15)27(24,25)20-4/h5-11,14,20H,1-4H3,(H,21,22). The van der Waals surface area contributed by atoms with E-state index < -0.39 is 28.0 Å². The Kier molecular flexibility index (Phi) is 6.35. The molecule has 0 fully saturated rings. The number of aryl methyl sites for hydroxylation is 2. The molecule has 1 atom stereocenters. The van der Waals surface area contributed by atoms with E-state index in [0.29, 0.717) is 5.69 Å². The van der Waals surface area contributed by atoms with E-state index in [2.05, 4.69) is 10.0 Å². The van der Waals surface area contributed by atoms with Crippen molar-refractivity contribution in [2.24, 2.45) is 0 Å². The number of carbonyl (C=O) groups is 2. The summed E-state index contributed by atoms with van der Waals surface area (Å²) in [7, 11) is -2.29. The van der Waals surface area contributed by atoms with Crippen LogP contribution in [0, 0.1) is 13.8 Å². The number of anilines is 1. The van der Waals surface area contributed by atoms with Crippen LogP contribution in [0.15, 0.2) is 47.4 Å². The Bertz CT molecular complexity index is 953. The summed E-state index contributed by atoms with van der Waals surface area (Å²) in [6, 6.07) is 10.9. The highest BCUT2D eigenvalue weighted by Gasteiger charge is 2.20. The Hall–Kier alpha value is -2.71. The van der Waals surface area contributed by atoms with Gasteiger partial charge in [-0.05, 0) is 63.7 Å². The average Bonchev–Trinajstić information content (AvgIpc) is 2.63. The van der Waals surface area contributed by atoms with Crippen molar-refractivity contribution in [2.45, 2.75) is 31.8 Å². The first-order valence-electron chi connectivity index (χ1n) is 8.27. The fourth-order valence-corrected chi connectivity index (χ4v) is 3.09. The first kappa shape index (κ1) is 20.6. The van der Waals surface area contributed by atoms with E-state index in [1.54, 1.807) is 6.07 Å². The molecule has 0 aliphatic rings. The number of esters is 1. The van der Waals surface area contributed by atoms with Gasteiger partial charge in [0.1, 0.15) is 0 Å². The Labute approximate surface area is 158 Å². The molecule has 0 aromatic heterocycles. The molecule has 0 aliphatic carbocycles. The number of hydrogen-bond donors (Lipinski definition) is 2. The number of amides is 1. The zero-order chi connectivity index (χ0) is 20.2. The van der Waals surface area contributed by atoms with Crippen LogP contribution in [-0.4, -0.2) is 33.4 Å². The Morgan fingerprint density at radius 1 is 1.04 bits per heavy atom. The van der Waals surface area contributed by atoms with Gasteiger partial charge < -0.3 is 10.1 Å². The van der Waals surface area contributed by atoms with Gasteiger partial charge in [-0.2, -0.15) is 0 Å². The second kappa shape index (κ2) is 8.32. The van der Waals surface area contributed by atoms with Crippen molar-refractivity contribution in [3.05, 3.63) is 59.2 Å². The predicted octanol–water partition coefficient (Wildman–Crippen LogP) is 2.40. The minimum atomic E-state index is -3.59. The summed E-state index contributed by atoms with van der Waals surface area (Å²) in [6.45, 7) is 5.30. The van der Waals surface area contributed by atoms with Crippen LogP contribution in [0.1, 0.15) is 28.4 Å². The van der Waals surface area contributed by atoms with Crippen molar-refractivity contribution in [1.29, 1.82) is 0 Å². The first-order chi connectivity index (χ1) is 12.6. The van der Waals surface area contributed by atoms with Gasteiger partial charge in [0, 0.05) is 5.69 Å². The smallest absolute Gasteiger partial charge is 0.338 e. The van der Waals surface area contributed by atoms with Crippen molar-refractivity contribution in [2.75, 3.05) is 12.4 Å². The molecule has 144 valence electrons. The zero-order valence-electron chi connectivity index (χ0n) is 15.6. The minimum absolute atomic E-state index is 0.0298. The third kappa shape index (κ3) is 5.15. The van der Waals surface area contributed by atoms with E-state index >= 15 is 0 Å². The Balaban J connectivity index is 2.03. The lowest BCUT2D eigenvalue weighted by molar-refractivity contribution is -0.123.